The van der Waals surface area contributed by atoms with Crippen molar-refractivity contribution in [2.75, 3.05) is 25.0 Å². The van der Waals surface area contributed by atoms with Crippen LogP contribution in [0.1, 0.15) is 45.4 Å². The van der Waals surface area contributed by atoms with Crippen LogP contribution in [0, 0.1) is 0 Å². The second-order valence-corrected chi connectivity index (χ2v) is 7.52. The van der Waals surface area contributed by atoms with Crippen LogP contribution in [0.25, 0.3) is 11.3 Å². The van der Waals surface area contributed by atoms with Gasteiger partial charge in [-0.1, -0.05) is 38.3 Å². The highest BCUT2D eigenvalue weighted by atomic mass is 32.1. The number of ether oxygens (including phenoxy) is 1. The lowest BCUT2D eigenvalue weighted by Gasteiger charge is -2.14. The number of allylic oxidation sites excluding steroid dienone is 1. The molecule has 3 heterocycles. The summed E-state index contributed by atoms with van der Waals surface area (Å²) >= 11 is 1.55. The number of hydrogen-bond acceptors (Lipinski definition) is 7. The highest BCUT2D eigenvalue weighted by Crippen LogP contribution is 2.30. The summed E-state index contributed by atoms with van der Waals surface area (Å²) in [5, 5.41) is 9.31. The van der Waals surface area contributed by atoms with Crippen LogP contribution in [0.5, 0.6) is 5.88 Å². The Morgan fingerprint density at radius 2 is 2.25 bits per heavy atom. The van der Waals surface area contributed by atoms with Gasteiger partial charge in [-0.3, -0.25) is 4.99 Å². The van der Waals surface area contributed by atoms with E-state index in [-0.39, 0.29) is 0 Å². The van der Waals surface area contributed by atoms with Crippen LogP contribution in [0.15, 0.2) is 40.9 Å². The highest BCUT2D eigenvalue weighted by molar-refractivity contribution is 7.14. The third-order valence-electron chi connectivity index (χ3n) is 4.38. The summed E-state index contributed by atoms with van der Waals surface area (Å²) in [5.41, 5.74) is 1.76. The molecule has 0 fully saturated rings. The molecular weight excluding hydrogens is 370 g/mol. The lowest BCUT2D eigenvalue weighted by atomic mass is 10.1. The van der Waals surface area contributed by atoms with E-state index in [9.17, 15) is 0 Å². The number of nitrogens with zero attached hydrogens (tertiary/aromatic N) is 3. The average molecular weight is 400 g/mol. The van der Waals surface area contributed by atoms with Gasteiger partial charge in [0.25, 0.3) is 0 Å². The summed E-state index contributed by atoms with van der Waals surface area (Å²) < 4.78 is 5.89. The SMILES string of the molecule is CCCCCC/C=C/COc1ncccc1-c1csc(NC2=NCCCN2)n1. The number of guanidine groups is 1. The van der Waals surface area contributed by atoms with E-state index in [1.54, 1.807) is 17.5 Å². The fourth-order valence-electron chi connectivity index (χ4n) is 2.88. The molecule has 0 aromatic carbocycles. The Kier molecular flexibility index (Phi) is 8.30. The zero-order valence-electron chi connectivity index (χ0n) is 16.5. The molecule has 0 saturated heterocycles. The number of thiazole rings is 1. The van der Waals surface area contributed by atoms with E-state index >= 15 is 0 Å². The van der Waals surface area contributed by atoms with Crippen molar-refractivity contribution >= 4 is 22.4 Å². The Balaban J connectivity index is 1.55. The molecule has 2 aromatic heterocycles. The first-order chi connectivity index (χ1) is 13.9. The van der Waals surface area contributed by atoms with Crippen molar-refractivity contribution in [3.05, 3.63) is 35.9 Å². The zero-order valence-corrected chi connectivity index (χ0v) is 17.3. The first-order valence-electron chi connectivity index (χ1n) is 10.1. The van der Waals surface area contributed by atoms with Crippen LogP contribution < -0.4 is 15.4 Å². The third kappa shape index (κ3) is 6.34. The molecular formula is C21H29N5OS. The molecule has 7 heteroatoms. The van der Waals surface area contributed by atoms with Crippen LogP contribution >= 0.6 is 11.3 Å². The summed E-state index contributed by atoms with van der Waals surface area (Å²) in [6.45, 7) is 4.54. The van der Waals surface area contributed by atoms with Crippen LogP contribution in [0.4, 0.5) is 5.13 Å². The molecule has 3 rings (SSSR count). The molecule has 0 aliphatic carbocycles. The standard InChI is InChI=1S/C21H29N5OS/c1-2-3-4-5-6-7-8-15-27-19-17(11-9-12-22-19)18-16-28-21(25-18)26-20-23-13-10-14-24-20/h7-9,11-12,16H,2-6,10,13-15H2,1H3,(H2,23,24,25,26)/b8-7+. The molecule has 0 spiro atoms. The van der Waals surface area contributed by atoms with E-state index in [0.717, 1.165) is 48.3 Å². The largest absolute Gasteiger partial charge is 0.473 e. The maximum Gasteiger partial charge on any atom is 0.223 e. The van der Waals surface area contributed by atoms with E-state index in [4.69, 9.17) is 4.74 Å². The number of nitrogens with one attached hydrogen (secondary N) is 2. The summed E-state index contributed by atoms with van der Waals surface area (Å²) in [5.74, 6) is 1.40. The number of unbranched alkanes of at least 4 members (excludes halogenated alkanes) is 4. The molecule has 150 valence electrons. The van der Waals surface area contributed by atoms with Gasteiger partial charge >= 0.3 is 0 Å². The van der Waals surface area contributed by atoms with Gasteiger partial charge in [0.1, 0.15) is 6.61 Å². The minimum absolute atomic E-state index is 0.522. The first-order valence-corrected chi connectivity index (χ1v) is 11.0. The molecule has 6 nitrogen and oxygen atoms in total. The zero-order chi connectivity index (χ0) is 19.4. The molecule has 2 N–H and O–H groups in total. The number of aliphatic imine (C=N–C) groups is 1. The molecule has 0 amide bonds. The maximum absolute atomic E-state index is 5.89. The van der Waals surface area contributed by atoms with Crippen LogP contribution in [0.3, 0.4) is 0 Å². The van der Waals surface area contributed by atoms with Gasteiger partial charge in [0.15, 0.2) is 11.1 Å². The Morgan fingerprint density at radius 3 is 3.11 bits per heavy atom. The van der Waals surface area contributed by atoms with E-state index in [1.165, 1.54) is 25.7 Å². The maximum atomic E-state index is 5.89. The Hall–Kier alpha value is -2.41. The molecule has 0 saturated carbocycles. The van der Waals surface area contributed by atoms with E-state index in [0.29, 0.717) is 12.5 Å². The van der Waals surface area contributed by atoms with Gasteiger partial charge in [0, 0.05) is 24.7 Å². The van der Waals surface area contributed by atoms with E-state index in [2.05, 4.69) is 44.7 Å². The fraction of sp³-hybridized carbons (Fsp3) is 0.476. The molecule has 0 atom stereocenters. The highest BCUT2D eigenvalue weighted by Gasteiger charge is 2.12. The van der Waals surface area contributed by atoms with Gasteiger partial charge in [-0.2, -0.15) is 0 Å². The Labute approximate surface area is 171 Å². The minimum Gasteiger partial charge on any atom is -0.473 e. The normalized spacial score (nSPS) is 14.0. The third-order valence-corrected chi connectivity index (χ3v) is 5.14. The van der Waals surface area contributed by atoms with Crippen LogP contribution in [-0.4, -0.2) is 35.6 Å². The monoisotopic (exact) mass is 399 g/mol. The molecule has 1 aliphatic rings. The van der Waals surface area contributed by atoms with Gasteiger partial charge < -0.3 is 15.4 Å². The second kappa shape index (κ2) is 11.4. The number of pyridine rings is 1. The van der Waals surface area contributed by atoms with Gasteiger partial charge in [-0.25, -0.2) is 9.97 Å². The van der Waals surface area contributed by atoms with Gasteiger partial charge in [0.05, 0.1) is 11.3 Å². The topological polar surface area (TPSA) is 71.4 Å². The van der Waals surface area contributed by atoms with Crippen molar-refractivity contribution in [3.8, 4) is 17.1 Å². The van der Waals surface area contributed by atoms with E-state index in [1.807, 2.05) is 17.5 Å². The lowest BCUT2D eigenvalue weighted by Crippen LogP contribution is -2.35. The predicted octanol–water partition coefficient (Wildman–Crippen LogP) is 4.87. The van der Waals surface area contributed by atoms with Crippen molar-refractivity contribution in [1.82, 2.24) is 15.3 Å². The lowest BCUT2D eigenvalue weighted by molar-refractivity contribution is 0.349. The summed E-state index contributed by atoms with van der Waals surface area (Å²) in [7, 11) is 0. The van der Waals surface area contributed by atoms with Crippen molar-refractivity contribution < 1.29 is 4.74 Å². The van der Waals surface area contributed by atoms with Crippen LogP contribution in [-0.2, 0) is 0 Å². The van der Waals surface area contributed by atoms with Crippen molar-refractivity contribution in [3.63, 3.8) is 0 Å². The summed E-state index contributed by atoms with van der Waals surface area (Å²) in [6, 6.07) is 3.90. The predicted molar refractivity (Wildman–Crippen MR) is 117 cm³/mol. The van der Waals surface area contributed by atoms with Crippen LogP contribution in [0.2, 0.25) is 0 Å². The molecule has 0 radical (unpaired) electrons. The Morgan fingerprint density at radius 1 is 1.29 bits per heavy atom. The number of anilines is 1. The number of hydrogen-bond donors (Lipinski definition) is 2. The summed E-state index contributed by atoms with van der Waals surface area (Å²) in [6.07, 6.45) is 13.3. The molecule has 0 bridgehead atoms. The van der Waals surface area contributed by atoms with E-state index < -0.39 is 0 Å². The molecule has 28 heavy (non-hydrogen) atoms. The number of aromatic nitrogens is 2. The van der Waals surface area contributed by atoms with Crippen molar-refractivity contribution in [1.29, 1.82) is 0 Å². The molecule has 1 aliphatic heterocycles. The van der Waals surface area contributed by atoms with Gasteiger partial charge in [-0.05, 0) is 31.4 Å². The second-order valence-electron chi connectivity index (χ2n) is 6.66. The quantitative estimate of drug-likeness (QED) is 0.440. The first kappa shape index (κ1) is 20.3. The molecule has 0 unspecified atom stereocenters. The number of rotatable bonds is 10. The van der Waals surface area contributed by atoms with Gasteiger partial charge in [0.2, 0.25) is 5.88 Å². The fourth-order valence-corrected chi connectivity index (χ4v) is 3.58. The average Bonchev–Trinajstić information content (AvgIpc) is 3.19. The molecule has 2 aromatic rings. The minimum atomic E-state index is 0.522. The van der Waals surface area contributed by atoms with Crippen molar-refractivity contribution in [2.24, 2.45) is 4.99 Å². The summed E-state index contributed by atoms with van der Waals surface area (Å²) in [4.78, 5) is 13.5. The van der Waals surface area contributed by atoms with Crippen molar-refractivity contribution in [2.45, 2.75) is 45.4 Å². The van der Waals surface area contributed by atoms with Gasteiger partial charge in [-0.15, -0.1) is 11.3 Å². The smallest absolute Gasteiger partial charge is 0.223 e. The Bertz CT molecular complexity index is 787.